The Balaban J connectivity index is 1.86. The predicted molar refractivity (Wildman–Crippen MR) is 87.4 cm³/mol. The number of fused-ring (bicyclic) bond motifs is 1. The van der Waals surface area contributed by atoms with Crippen molar-refractivity contribution >= 4 is 44.1 Å². The Morgan fingerprint density at radius 3 is 2.80 bits per heavy atom. The molecule has 0 aliphatic heterocycles. The second-order valence-electron chi connectivity index (χ2n) is 4.46. The zero-order valence-electron chi connectivity index (χ0n) is 10.4. The number of aliphatic hydroxyl groups excluding tert-OH is 1. The molecule has 0 bridgehead atoms. The van der Waals surface area contributed by atoms with Crippen LogP contribution < -0.4 is 0 Å². The average Bonchev–Trinajstić information content (AvgIpc) is 2.80. The molecule has 0 spiro atoms. The van der Waals surface area contributed by atoms with Crippen LogP contribution in [-0.2, 0) is 6.42 Å². The number of hydrogen-bond acceptors (Lipinski definition) is 3. The quantitative estimate of drug-likeness (QED) is 0.666. The molecule has 2 aromatic carbocycles. The lowest BCUT2D eigenvalue weighted by Gasteiger charge is -2.11. The smallest absolute Gasteiger partial charge is 0.124 e. The third-order valence-electron chi connectivity index (χ3n) is 3.03. The van der Waals surface area contributed by atoms with E-state index < -0.39 is 6.10 Å². The summed E-state index contributed by atoms with van der Waals surface area (Å²) in [6, 6.07) is 12.3. The highest BCUT2D eigenvalue weighted by atomic mass is 127. The van der Waals surface area contributed by atoms with Crippen LogP contribution >= 0.6 is 33.9 Å². The van der Waals surface area contributed by atoms with E-state index in [1.807, 2.05) is 46.9 Å². The minimum Gasteiger partial charge on any atom is -0.388 e. The first-order valence-electron chi connectivity index (χ1n) is 6.11. The maximum absolute atomic E-state index is 13.1. The minimum absolute atomic E-state index is 0.287. The molecule has 1 unspecified atom stereocenters. The number of benzene rings is 2. The fourth-order valence-electron chi connectivity index (χ4n) is 2.05. The predicted octanol–water partition coefficient (Wildman–Crippen LogP) is 4.32. The lowest BCUT2D eigenvalue weighted by atomic mass is 10.1. The van der Waals surface area contributed by atoms with E-state index in [9.17, 15) is 9.50 Å². The third kappa shape index (κ3) is 2.84. The number of halogens is 2. The van der Waals surface area contributed by atoms with E-state index >= 15 is 0 Å². The number of aromatic nitrogens is 1. The summed E-state index contributed by atoms with van der Waals surface area (Å²) in [4.78, 5) is 4.51. The largest absolute Gasteiger partial charge is 0.388 e. The van der Waals surface area contributed by atoms with E-state index in [0.717, 1.165) is 24.4 Å². The monoisotopic (exact) mass is 399 g/mol. The van der Waals surface area contributed by atoms with Crippen LogP contribution in [0.5, 0.6) is 0 Å². The molecule has 0 fully saturated rings. The van der Waals surface area contributed by atoms with Crippen molar-refractivity contribution in [1.82, 2.24) is 4.98 Å². The van der Waals surface area contributed by atoms with E-state index in [1.54, 1.807) is 17.4 Å². The third-order valence-corrected chi connectivity index (χ3v) is 5.02. The van der Waals surface area contributed by atoms with Crippen molar-refractivity contribution in [3.8, 4) is 0 Å². The number of rotatable bonds is 3. The number of aliphatic hydroxyl groups is 1. The van der Waals surface area contributed by atoms with Crippen LogP contribution in [0.1, 0.15) is 16.7 Å². The molecule has 0 saturated carbocycles. The molecule has 1 heterocycles. The Morgan fingerprint density at radius 1 is 1.25 bits per heavy atom. The SMILES string of the molecule is OC(Cc1nc2ccccc2s1)c1ccc(F)cc1I. The molecule has 2 nitrogen and oxygen atoms in total. The van der Waals surface area contributed by atoms with Gasteiger partial charge in [0.2, 0.25) is 0 Å². The van der Waals surface area contributed by atoms with E-state index in [1.165, 1.54) is 12.1 Å². The molecule has 5 heteroatoms. The van der Waals surface area contributed by atoms with Gasteiger partial charge in [-0.15, -0.1) is 11.3 Å². The van der Waals surface area contributed by atoms with Gasteiger partial charge in [-0.2, -0.15) is 0 Å². The first-order chi connectivity index (χ1) is 9.63. The van der Waals surface area contributed by atoms with Crippen LogP contribution in [0, 0.1) is 9.39 Å². The molecule has 0 amide bonds. The van der Waals surface area contributed by atoms with Crippen molar-refractivity contribution in [2.24, 2.45) is 0 Å². The Labute approximate surface area is 133 Å². The van der Waals surface area contributed by atoms with Gasteiger partial charge in [0.05, 0.1) is 21.3 Å². The van der Waals surface area contributed by atoms with Crippen molar-refractivity contribution in [3.63, 3.8) is 0 Å². The highest BCUT2D eigenvalue weighted by Gasteiger charge is 2.15. The molecule has 1 atom stereocenters. The summed E-state index contributed by atoms with van der Waals surface area (Å²) in [7, 11) is 0. The summed E-state index contributed by atoms with van der Waals surface area (Å²) in [5, 5.41) is 11.2. The molecule has 0 saturated heterocycles. The molecule has 3 aromatic rings. The Hall–Kier alpha value is -1.05. The highest BCUT2D eigenvalue weighted by molar-refractivity contribution is 14.1. The molecule has 1 aromatic heterocycles. The maximum Gasteiger partial charge on any atom is 0.124 e. The fourth-order valence-corrected chi connectivity index (χ4v) is 3.90. The Morgan fingerprint density at radius 2 is 2.05 bits per heavy atom. The first-order valence-corrected chi connectivity index (χ1v) is 8.00. The van der Waals surface area contributed by atoms with Crippen molar-refractivity contribution in [2.45, 2.75) is 12.5 Å². The van der Waals surface area contributed by atoms with Gasteiger partial charge in [-0.05, 0) is 52.4 Å². The maximum atomic E-state index is 13.1. The molecule has 3 rings (SSSR count). The van der Waals surface area contributed by atoms with Gasteiger partial charge in [0.15, 0.2) is 0 Å². The van der Waals surface area contributed by atoms with Gasteiger partial charge in [0.1, 0.15) is 5.82 Å². The van der Waals surface area contributed by atoms with Gasteiger partial charge in [-0.3, -0.25) is 0 Å². The van der Waals surface area contributed by atoms with E-state index in [-0.39, 0.29) is 5.82 Å². The Kier molecular flexibility index (Phi) is 4.00. The van der Waals surface area contributed by atoms with Crippen LogP contribution in [0.4, 0.5) is 4.39 Å². The number of nitrogens with zero attached hydrogens (tertiary/aromatic N) is 1. The second kappa shape index (κ2) is 5.75. The summed E-state index contributed by atoms with van der Waals surface area (Å²) in [6.45, 7) is 0. The first kappa shape index (κ1) is 13.9. The number of thiazole rings is 1. The van der Waals surface area contributed by atoms with Gasteiger partial charge < -0.3 is 5.11 Å². The van der Waals surface area contributed by atoms with Crippen LogP contribution in [0.2, 0.25) is 0 Å². The van der Waals surface area contributed by atoms with Crippen LogP contribution in [0.3, 0.4) is 0 Å². The summed E-state index contributed by atoms with van der Waals surface area (Å²) >= 11 is 3.62. The van der Waals surface area contributed by atoms with Crippen LogP contribution in [0.15, 0.2) is 42.5 Å². The number of hydrogen-bond donors (Lipinski definition) is 1. The molecule has 20 heavy (non-hydrogen) atoms. The molecular weight excluding hydrogens is 388 g/mol. The zero-order valence-corrected chi connectivity index (χ0v) is 13.4. The summed E-state index contributed by atoms with van der Waals surface area (Å²) in [5.74, 6) is -0.287. The summed E-state index contributed by atoms with van der Waals surface area (Å²) < 4.78 is 14.9. The molecule has 1 N–H and O–H groups in total. The zero-order chi connectivity index (χ0) is 14.1. The van der Waals surface area contributed by atoms with Crippen molar-refractivity contribution in [1.29, 1.82) is 0 Å². The molecule has 0 radical (unpaired) electrons. The van der Waals surface area contributed by atoms with Crippen LogP contribution in [0.25, 0.3) is 10.2 Å². The second-order valence-corrected chi connectivity index (χ2v) is 6.74. The van der Waals surface area contributed by atoms with Crippen molar-refractivity contribution < 1.29 is 9.50 Å². The van der Waals surface area contributed by atoms with Crippen LogP contribution in [-0.4, -0.2) is 10.1 Å². The van der Waals surface area contributed by atoms with Gasteiger partial charge in [0.25, 0.3) is 0 Å². The van der Waals surface area contributed by atoms with E-state index in [2.05, 4.69) is 4.98 Å². The topological polar surface area (TPSA) is 33.1 Å². The Bertz CT molecular complexity index is 725. The van der Waals surface area contributed by atoms with Gasteiger partial charge in [-0.25, -0.2) is 9.37 Å². The van der Waals surface area contributed by atoms with E-state index in [4.69, 9.17) is 0 Å². The summed E-state index contributed by atoms with van der Waals surface area (Å²) in [6.07, 6.45) is -0.218. The minimum atomic E-state index is -0.664. The lowest BCUT2D eigenvalue weighted by Crippen LogP contribution is -2.04. The summed E-state index contributed by atoms with van der Waals surface area (Å²) in [5.41, 5.74) is 1.69. The highest BCUT2D eigenvalue weighted by Crippen LogP contribution is 2.28. The molecular formula is C15H11FINOS. The van der Waals surface area contributed by atoms with Crippen molar-refractivity contribution in [3.05, 3.63) is 62.4 Å². The average molecular weight is 399 g/mol. The standard InChI is InChI=1S/C15H11FINOS/c16-9-5-6-10(11(17)7-9)13(19)8-15-18-12-3-1-2-4-14(12)20-15/h1-7,13,19H,8H2. The van der Waals surface area contributed by atoms with Crippen molar-refractivity contribution in [2.75, 3.05) is 0 Å². The molecule has 102 valence electrons. The van der Waals surface area contributed by atoms with Gasteiger partial charge in [0, 0.05) is 9.99 Å². The number of para-hydroxylation sites is 1. The molecule has 0 aliphatic rings. The lowest BCUT2D eigenvalue weighted by molar-refractivity contribution is 0.177. The van der Waals surface area contributed by atoms with Gasteiger partial charge in [-0.1, -0.05) is 18.2 Å². The van der Waals surface area contributed by atoms with Gasteiger partial charge >= 0.3 is 0 Å². The van der Waals surface area contributed by atoms with E-state index in [0.29, 0.717) is 6.42 Å². The normalized spacial score (nSPS) is 12.8. The fraction of sp³-hybridized carbons (Fsp3) is 0.133. The molecule has 0 aliphatic carbocycles.